The highest BCUT2D eigenvalue weighted by atomic mass is 79.9. The number of rotatable bonds is 5. The zero-order chi connectivity index (χ0) is 14.5. The quantitative estimate of drug-likeness (QED) is 0.762. The molecule has 0 radical (unpaired) electrons. The molecule has 20 heavy (non-hydrogen) atoms. The molecule has 2 rings (SSSR count). The molecule has 0 unspecified atom stereocenters. The summed E-state index contributed by atoms with van der Waals surface area (Å²) in [6, 6.07) is 5.53. The summed E-state index contributed by atoms with van der Waals surface area (Å²) >= 11 is 15.5. The summed E-state index contributed by atoms with van der Waals surface area (Å²) < 4.78 is 0.837. The lowest BCUT2D eigenvalue weighted by Crippen LogP contribution is -2.06. The first-order chi connectivity index (χ1) is 9.60. The molecule has 0 aliphatic rings. The summed E-state index contributed by atoms with van der Waals surface area (Å²) in [7, 11) is 0. The molecule has 1 heterocycles. The molecule has 0 spiro atoms. The molecule has 0 aliphatic heterocycles. The van der Waals surface area contributed by atoms with Crippen LogP contribution >= 0.6 is 39.1 Å². The Labute approximate surface area is 136 Å². The molecule has 7 heteroatoms. The fraction of sp³-hybridized carbons (Fsp3) is 0.231. The van der Waals surface area contributed by atoms with Crippen molar-refractivity contribution in [1.82, 2.24) is 9.97 Å². The van der Waals surface area contributed by atoms with E-state index in [-0.39, 0.29) is 0 Å². The lowest BCUT2D eigenvalue weighted by molar-refractivity contribution is 0.953. The van der Waals surface area contributed by atoms with Crippen LogP contribution in [0.3, 0.4) is 0 Å². The lowest BCUT2D eigenvalue weighted by Gasteiger charge is -2.10. The molecule has 1 aromatic heterocycles. The van der Waals surface area contributed by atoms with Crippen molar-refractivity contribution in [2.24, 2.45) is 0 Å². The van der Waals surface area contributed by atoms with Crippen molar-refractivity contribution in [1.29, 1.82) is 0 Å². The third-order valence-electron chi connectivity index (χ3n) is 2.46. The van der Waals surface area contributed by atoms with Gasteiger partial charge in [0, 0.05) is 16.7 Å². The van der Waals surface area contributed by atoms with Crippen molar-refractivity contribution in [3.05, 3.63) is 38.9 Å². The van der Waals surface area contributed by atoms with Gasteiger partial charge in [0.15, 0.2) is 5.82 Å². The van der Waals surface area contributed by atoms with Crippen LogP contribution < -0.4 is 10.6 Å². The largest absolute Gasteiger partial charge is 0.354 e. The Hall–Kier alpha value is -1.04. The molecule has 2 N–H and O–H groups in total. The van der Waals surface area contributed by atoms with Crippen molar-refractivity contribution in [2.45, 2.75) is 13.3 Å². The first kappa shape index (κ1) is 15.4. The Bertz CT molecular complexity index is 607. The van der Waals surface area contributed by atoms with Gasteiger partial charge in [-0.25, -0.2) is 4.98 Å². The van der Waals surface area contributed by atoms with Gasteiger partial charge in [-0.2, -0.15) is 4.98 Å². The summed E-state index contributed by atoms with van der Waals surface area (Å²) in [6.45, 7) is 2.89. The van der Waals surface area contributed by atoms with Crippen LogP contribution in [0.4, 0.5) is 17.5 Å². The van der Waals surface area contributed by atoms with Gasteiger partial charge in [-0.15, -0.1) is 0 Å². The second-order valence-corrected chi connectivity index (χ2v) is 5.74. The zero-order valence-corrected chi connectivity index (χ0v) is 13.8. The predicted molar refractivity (Wildman–Crippen MR) is 88.3 cm³/mol. The van der Waals surface area contributed by atoms with Crippen molar-refractivity contribution >= 4 is 56.6 Å². The van der Waals surface area contributed by atoms with Crippen molar-refractivity contribution in [3.8, 4) is 0 Å². The number of aromatic nitrogens is 2. The van der Waals surface area contributed by atoms with E-state index in [2.05, 4.69) is 43.5 Å². The highest BCUT2D eigenvalue weighted by Crippen LogP contribution is 2.29. The minimum Gasteiger partial charge on any atom is -0.354 e. The molecular formula is C13H13BrCl2N4. The second kappa shape index (κ2) is 7.11. The van der Waals surface area contributed by atoms with Crippen LogP contribution in [0.1, 0.15) is 13.3 Å². The number of halogens is 3. The molecule has 0 aliphatic carbocycles. The molecule has 1 aromatic carbocycles. The van der Waals surface area contributed by atoms with Crippen LogP contribution in [-0.4, -0.2) is 16.5 Å². The fourth-order valence-corrected chi connectivity index (χ4v) is 2.05. The summed E-state index contributed by atoms with van der Waals surface area (Å²) in [4.78, 5) is 8.46. The smallest absolute Gasteiger partial charge is 0.224 e. The van der Waals surface area contributed by atoms with Crippen LogP contribution in [0.2, 0.25) is 10.0 Å². The Kier molecular flexibility index (Phi) is 5.46. The fourth-order valence-electron chi connectivity index (χ4n) is 1.49. The Morgan fingerprint density at radius 3 is 2.75 bits per heavy atom. The van der Waals surface area contributed by atoms with E-state index >= 15 is 0 Å². The third-order valence-corrected chi connectivity index (χ3v) is 3.97. The van der Waals surface area contributed by atoms with Gasteiger partial charge in [0.1, 0.15) is 5.02 Å². The highest BCUT2D eigenvalue weighted by molar-refractivity contribution is 9.10. The van der Waals surface area contributed by atoms with Gasteiger partial charge in [-0.1, -0.05) is 30.1 Å². The van der Waals surface area contributed by atoms with Gasteiger partial charge in [0.2, 0.25) is 5.95 Å². The molecule has 2 aromatic rings. The topological polar surface area (TPSA) is 49.8 Å². The average molecular weight is 376 g/mol. The van der Waals surface area contributed by atoms with Crippen LogP contribution in [0.5, 0.6) is 0 Å². The van der Waals surface area contributed by atoms with Gasteiger partial charge in [0.25, 0.3) is 0 Å². The minimum atomic E-state index is 0.450. The molecule has 0 bridgehead atoms. The van der Waals surface area contributed by atoms with Crippen molar-refractivity contribution < 1.29 is 0 Å². The van der Waals surface area contributed by atoms with E-state index in [4.69, 9.17) is 23.2 Å². The molecule has 106 valence electrons. The molecule has 0 amide bonds. The molecule has 4 nitrogen and oxygen atoms in total. The van der Waals surface area contributed by atoms with Gasteiger partial charge >= 0.3 is 0 Å². The van der Waals surface area contributed by atoms with E-state index in [0.29, 0.717) is 21.8 Å². The van der Waals surface area contributed by atoms with E-state index < -0.39 is 0 Å². The first-order valence-corrected chi connectivity index (χ1v) is 7.63. The molecule has 0 saturated heterocycles. The Morgan fingerprint density at radius 1 is 1.25 bits per heavy atom. The predicted octanol–water partition coefficient (Wildman–Crippen LogP) is 5.11. The van der Waals surface area contributed by atoms with Gasteiger partial charge < -0.3 is 10.6 Å². The van der Waals surface area contributed by atoms with Crippen molar-refractivity contribution in [2.75, 3.05) is 17.2 Å². The van der Waals surface area contributed by atoms with Crippen LogP contribution in [-0.2, 0) is 0 Å². The summed E-state index contributed by atoms with van der Waals surface area (Å²) in [6.07, 6.45) is 2.56. The maximum atomic E-state index is 6.09. The standard InChI is InChI=1S/C13H13BrCl2N4/c1-2-5-17-13-18-7-11(16)12(20-13)19-8-3-4-9(14)10(15)6-8/h3-4,6-7H,2,5H2,1H3,(H2,17,18,19,20). The number of nitrogens with one attached hydrogen (secondary N) is 2. The number of hydrogen-bond donors (Lipinski definition) is 2. The third kappa shape index (κ3) is 3.98. The van der Waals surface area contributed by atoms with E-state index in [0.717, 1.165) is 23.1 Å². The monoisotopic (exact) mass is 374 g/mol. The maximum Gasteiger partial charge on any atom is 0.224 e. The molecule has 0 fully saturated rings. The van der Waals surface area contributed by atoms with E-state index in [1.54, 1.807) is 12.3 Å². The minimum absolute atomic E-state index is 0.450. The highest BCUT2D eigenvalue weighted by Gasteiger charge is 2.07. The van der Waals surface area contributed by atoms with Gasteiger partial charge in [-0.05, 0) is 40.5 Å². The Balaban J connectivity index is 2.20. The normalized spacial score (nSPS) is 10.4. The van der Waals surface area contributed by atoms with Crippen LogP contribution in [0.25, 0.3) is 0 Å². The second-order valence-electron chi connectivity index (χ2n) is 4.07. The maximum absolute atomic E-state index is 6.09. The SMILES string of the molecule is CCCNc1ncc(Cl)c(Nc2ccc(Br)c(Cl)c2)n1. The number of benzene rings is 1. The first-order valence-electron chi connectivity index (χ1n) is 6.08. The number of anilines is 3. The summed E-state index contributed by atoms with van der Waals surface area (Å²) in [5.74, 6) is 1.08. The van der Waals surface area contributed by atoms with E-state index in [1.807, 2.05) is 12.1 Å². The van der Waals surface area contributed by atoms with Crippen molar-refractivity contribution in [3.63, 3.8) is 0 Å². The molecule has 0 saturated carbocycles. The lowest BCUT2D eigenvalue weighted by atomic mass is 10.3. The molecular weight excluding hydrogens is 363 g/mol. The van der Waals surface area contributed by atoms with Gasteiger partial charge in [-0.3, -0.25) is 0 Å². The zero-order valence-electron chi connectivity index (χ0n) is 10.8. The number of hydrogen-bond acceptors (Lipinski definition) is 4. The van der Waals surface area contributed by atoms with E-state index in [9.17, 15) is 0 Å². The van der Waals surface area contributed by atoms with Gasteiger partial charge in [0.05, 0.1) is 11.2 Å². The Morgan fingerprint density at radius 2 is 2.05 bits per heavy atom. The molecule has 0 atom stereocenters. The summed E-state index contributed by atoms with van der Waals surface area (Å²) in [5, 5.41) is 7.31. The van der Waals surface area contributed by atoms with Crippen LogP contribution in [0, 0.1) is 0 Å². The summed E-state index contributed by atoms with van der Waals surface area (Å²) in [5.41, 5.74) is 0.806. The number of nitrogens with zero attached hydrogens (tertiary/aromatic N) is 2. The average Bonchev–Trinajstić information content (AvgIpc) is 2.44. The van der Waals surface area contributed by atoms with E-state index in [1.165, 1.54) is 0 Å². The van der Waals surface area contributed by atoms with Crippen LogP contribution in [0.15, 0.2) is 28.9 Å².